The summed E-state index contributed by atoms with van der Waals surface area (Å²) in [4.78, 5) is 45.2. The summed E-state index contributed by atoms with van der Waals surface area (Å²) in [5, 5.41) is 1.36. The van der Waals surface area contributed by atoms with Gasteiger partial charge in [0.15, 0.2) is 0 Å². The number of hydrogen-bond acceptors (Lipinski definition) is 4. The van der Waals surface area contributed by atoms with E-state index in [2.05, 4.69) is 0 Å². The summed E-state index contributed by atoms with van der Waals surface area (Å²) in [7, 11) is 0. The lowest BCUT2D eigenvalue weighted by atomic mass is 10.1. The first-order chi connectivity index (χ1) is 6.61. The van der Waals surface area contributed by atoms with Gasteiger partial charge >= 0.3 is 0 Å². The molecule has 0 spiro atoms. The molecule has 2 aliphatic rings. The highest BCUT2D eigenvalue weighted by Gasteiger charge is 2.42. The number of imide groups is 2. The van der Waals surface area contributed by atoms with Crippen LogP contribution in [0.25, 0.3) is 0 Å². The fourth-order valence-corrected chi connectivity index (χ4v) is 1.58. The van der Waals surface area contributed by atoms with Crippen molar-refractivity contribution >= 4 is 23.6 Å². The lowest BCUT2D eigenvalue weighted by Gasteiger charge is -2.37. The van der Waals surface area contributed by atoms with Crippen LogP contribution < -0.4 is 0 Å². The van der Waals surface area contributed by atoms with Gasteiger partial charge in [0.2, 0.25) is 23.6 Å². The van der Waals surface area contributed by atoms with Crippen molar-refractivity contribution < 1.29 is 19.2 Å². The Kier molecular flexibility index (Phi) is 1.83. The van der Waals surface area contributed by atoms with Crippen molar-refractivity contribution in [3.63, 3.8) is 0 Å². The van der Waals surface area contributed by atoms with Gasteiger partial charge in [-0.05, 0) is 0 Å². The zero-order chi connectivity index (χ0) is 10.3. The van der Waals surface area contributed by atoms with E-state index in [4.69, 9.17) is 0 Å². The van der Waals surface area contributed by atoms with Crippen molar-refractivity contribution in [2.24, 2.45) is 0 Å². The van der Waals surface area contributed by atoms with Crippen molar-refractivity contribution in [1.82, 2.24) is 10.0 Å². The number of hydrazine groups is 1. The van der Waals surface area contributed by atoms with E-state index in [-0.39, 0.29) is 25.7 Å². The largest absolute Gasteiger partial charge is 0.272 e. The van der Waals surface area contributed by atoms with E-state index in [0.29, 0.717) is 10.0 Å². The molecule has 0 atom stereocenters. The minimum atomic E-state index is -0.470. The van der Waals surface area contributed by atoms with Crippen molar-refractivity contribution in [3.8, 4) is 0 Å². The summed E-state index contributed by atoms with van der Waals surface area (Å²) in [5.41, 5.74) is 0. The molecule has 0 saturated carbocycles. The fourth-order valence-electron chi connectivity index (χ4n) is 1.58. The minimum Gasteiger partial charge on any atom is -0.272 e. The van der Waals surface area contributed by atoms with E-state index in [1.807, 2.05) is 0 Å². The molecule has 0 aromatic carbocycles. The van der Waals surface area contributed by atoms with E-state index in [9.17, 15) is 19.2 Å². The smallest absolute Gasteiger partial charge is 0.249 e. The average molecular weight is 196 g/mol. The SMILES string of the molecule is O=C1CCC(=O)N2C(=O)CCC(=O)N12. The van der Waals surface area contributed by atoms with Crippen LogP contribution in [0.4, 0.5) is 0 Å². The molecule has 14 heavy (non-hydrogen) atoms. The first-order valence-electron chi connectivity index (χ1n) is 4.33. The Balaban J connectivity index is 2.37. The van der Waals surface area contributed by atoms with Gasteiger partial charge in [0.25, 0.3) is 0 Å². The summed E-state index contributed by atoms with van der Waals surface area (Å²) in [6.07, 6.45) is 0.0331. The van der Waals surface area contributed by atoms with Crippen LogP contribution in [0.15, 0.2) is 0 Å². The van der Waals surface area contributed by atoms with Crippen LogP contribution in [-0.2, 0) is 19.2 Å². The summed E-state index contributed by atoms with van der Waals surface area (Å²) < 4.78 is 0. The number of rotatable bonds is 0. The van der Waals surface area contributed by atoms with Crippen molar-refractivity contribution in [2.75, 3.05) is 0 Å². The van der Waals surface area contributed by atoms with Crippen LogP contribution in [0.3, 0.4) is 0 Å². The normalized spacial score (nSPS) is 22.9. The number of hydrogen-bond donors (Lipinski definition) is 0. The van der Waals surface area contributed by atoms with Gasteiger partial charge in [-0.2, -0.15) is 10.0 Å². The third-order valence-corrected chi connectivity index (χ3v) is 2.25. The Hall–Kier alpha value is -1.72. The first-order valence-corrected chi connectivity index (χ1v) is 4.33. The van der Waals surface area contributed by atoms with E-state index in [1.165, 1.54) is 0 Å². The highest BCUT2D eigenvalue weighted by molar-refractivity contribution is 6.10. The third-order valence-electron chi connectivity index (χ3n) is 2.25. The maximum Gasteiger partial charge on any atom is 0.249 e. The Morgan fingerprint density at radius 2 is 0.786 bits per heavy atom. The molecule has 0 unspecified atom stereocenters. The molecule has 0 aromatic rings. The highest BCUT2D eigenvalue weighted by atomic mass is 16.2. The zero-order valence-corrected chi connectivity index (χ0v) is 7.36. The van der Waals surface area contributed by atoms with Gasteiger partial charge < -0.3 is 0 Å². The van der Waals surface area contributed by atoms with Crippen LogP contribution in [-0.4, -0.2) is 33.6 Å². The summed E-state index contributed by atoms with van der Waals surface area (Å²) in [5.74, 6) is -1.88. The molecule has 6 nitrogen and oxygen atoms in total. The van der Waals surface area contributed by atoms with Crippen molar-refractivity contribution in [2.45, 2.75) is 25.7 Å². The van der Waals surface area contributed by atoms with Gasteiger partial charge in [-0.15, -0.1) is 0 Å². The van der Waals surface area contributed by atoms with Crippen LogP contribution in [0.5, 0.6) is 0 Å². The number of amides is 4. The van der Waals surface area contributed by atoms with Crippen LogP contribution >= 0.6 is 0 Å². The van der Waals surface area contributed by atoms with Gasteiger partial charge in [-0.3, -0.25) is 19.2 Å². The molecule has 0 N–H and O–H groups in total. The second-order valence-electron chi connectivity index (χ2n) is 3.20. The Labute approximate surface area is 79.4 Å². The molecular weight excluding hydrogens is 188 g/mol. The average Bonchev–Trinajstić information content (AvgIpc) is 2.16. The fraction of sp³-hybridized carbons (Fsp3) is 0.500. The molecule has 0 bridgehead atoms. The molecule has 2 heterocycles. The number of nitrogens with zero attached hydrogens (tertiary/aromatic N) is 2. The minimum absolute atomic E-state index is 0.00829. The second kappa shape index (κ2) is 2.90. The Morgan fingerprint density at radius 3 is 1.00 bits per heavy atom. The third kappa shape index (κ3) is 1.11. The first kappa shape index (κ1) is 8.86. The predicted molar refractivity (Wildman–Crippen MR) is 42.2 cm³/mol. The molecule has 4 amide bonds. The van der Waals surface area contributed by atoms with E-state index < -0.39 is 23.6 Å². The van der Waals surface area contributed by atoms with Gasteiger partial charge in [0.05, 0.1) is 0 Å². The lowest BCUT2D eigenvalue weighted by molar-refractivity contribution is -0.188. The molecule has 0 aliphatic carbocycles. The van der Waals surface area contributed by atoms with Crippen molar-refractivity contribution in [1.29, 1.82) is 0 Å². The number of carbonyl (C=O) groups excluding carboxylic acids is 4. The predicted octanol–water partition coefficient (Wildman–Crippen LogP) is -0.801. The summed E-state index contributed by atoms with van der Waals surface area (Å²) >= 11 is 0. The molecule has 2 fully saturated rings. The molecule has 0 aromatic heterocycles. The highest BCUT2D eigenvalue weighted by Crippen LogP contribution is 2.21. The summed E-state index contributed by atoms with van der Waals surface area (Å²) in [6, 6.07) is 0. The van der Waals surface area contributed by atoms with Gasteiger partial charge in [-0.25, -0.2) is 0 Å². The van der Waals surface area contributed by atoms with E-state index in [0.717, 1.165) is 0 Å². The van der Waals surface area contributed by atoms with Gasteiger partial charge in [0, 0.05) is 25.7 Å². The van der Waals surface area contributed by atoms with Gasteiger partial charge in [0.1, 0.15) is 0 Å². The maximum absolute atomic E-state index is 11.3. The molecule has 2 rings (SSSR count). The zero-order valence-electron chi connectivity index (χ0n) is 7.36. The standard InChI is InChI=1S/C8H8N2O4/c11-5-1-2-6(12)10-8(14)4-3-7(13)9(5)10/h1-4H2. The Bertz CT molecular complexity index is 283. The molecule has 6 heteroatoms. The van der Waals surface area contributed by atoms with Crippen molar-refractivity contribution in [3.05, 3.63) is 0 Å². The van der Waals surface area contributed by atoms with E-state index in [1.54, 1.807) is 0 Å². The van der Waals surface area contributed by atoms with Crippen LogP contribution in [0.2, 0.25) is 0 Å². The van der Waals surface area contributed by atoms with E-state index >= 15 is 0 Å². The molecule has 2 saturated heterocycles. The molecular formula is C8H8N2O4. The molecule has 74 valence electrons. The second-order valence-corrected chi connectivity index (χ2v) is 3.20. The Morgan fingerprint density at radius 1 is 0.571 bits per heavy atom. The topological polar surface area (TPSA) is 74.8 Å². The van der Waals surface area contributed by atoms with Gasteiger partial charge in [-0.1, -0.05) is 0 Å². The lowest BCUT2D eigenvalue weighted by Crippen LogP contribution is -2.61. The summed E-state index contributed by atoms with van der Waals surface area (Å²) in [6.45, 7) is 0. The quantitative estimate of drug-likeness (QED) is 0.475. The number of fused-ring (bicyclic) bond motifs is 1. The molecule has 0 radical (unpaired) electrons. The molecule has 2 aliphatic heterocycles. The number of carbonyl (C=O) groups is 4. The van der Waals surface area contributed by atoms with Crippen LogP contribution in [0, 0.1) is 0 Å². The maximum atomic E-state index is 11.3. The monoisotopic (exact) mass is 196 g/mol. The van der Waals surface area contributed by atoms with Crippen LogP contribution in [0.1, 0.15) is 25.7 Å².